The van der Waals surface area contributed by atoms with Crippen LogP contribution in [0.15, 0.2) is 46.6 Å². The summed E-state index contributed by atoms with van der Waals surface area (Å²) in [5.41, 5.74) is 1.43. The number of allylic oxidation sites excluding steroid dienone is 3. The quantitative estimate of drug-likeness (QED) is 0.142. The smallest absolute Gasteiger partial charge is 0.358 e. The standard InChI is InChI=1S/C12H12.3C4H9.CH3.Mg.Sn/c1-2-3-4-6-9-12-10-7-5-8-11-12;3*1-3-4-2;;;/h1,3-5,7-8,10-11H,6,9H2;3*1,3-4H2,2H3;1H3;;/q-1;;;;-1;+2;/b4-3+;;;;;;. The van der Waals surface area contributed by atoms with E-state index in [1.807, 2.05) is 0 Å². The summed E-state index contributed by atoms with van der Waals surface area (Å²) >= 11 is -2.12. The predicted molar refractivity (Wildman–Crippen MR) is 129 cm³/mol. The van der Waals surface area contributed by atoms with E-state index >= 15 is 0 Å². The molecule has 0 bridgehead atoms. The van der Waals surface area contributed by atoms with Gasteiger partial charge >= 0.3 is 185 Å². The Balaban J connectivity index is 0. The summed E-state index contributed by atoms with van der Waals surface area (Å²) in [6.45, 7) is 7.02. The van der Waals surface area contributed by atoms with Crippen LogP contribution in [-0.4, -0.2) is 41.4 Å². The number of benzene rings is 1. The van der Waals surface area contributed by atoms with Crippen LogP contribution in [0, 0.1) is 13.5 Å². The summed E-state index contributed by atoms with van der Waals surface area (Å²) < 4.78 is 7.25. The van der Waals surface area contributed by atoms with Gasteiger partial charge in [-0.25, -0.2) is 0 Å². The van der Waals surface area contributed by atoms with Crippen molar-refractivity contribution < 1.29 is 0 Å². The summed E-state index contributed by atoms with van der Waals surface area (Å²) in [4.78, 5) is 0. The molecule has 1 aromatic rings. The molecule has 0 spiro atoms. The summed E-state index contributed by atoms with van der Waals surface area (Å²) in [7, 11) is 0. The second-order valence-electron chi connectivity index (χ2n) is 7.41. The first-order valence-electron chi connectivity index (χ1n) is 10.6. The molecule has 1 rings (SSSR count). The topological polar surface area (TPSA) is 0 Å². The van der Waals surface area contributed by atoms with Crippen LogP contribution in [0.2, 0.25) is 13.3 Å². The van der Waals surface area contributed by atoms with Crippen LogP contribution in [0.25, 0.3) is 0 Å². The predicted octanol–water partition coefficient (Wildman–Crippen LogP) is 7.99. The van der Waals surface area contributed by atoms with Crippen LogP contribution in [0.3, 0.4) is 0 Å². The molecule has 148 valence electrons. The fourth-order valence-corrected chi connectivity index (χ4v) is 17.2. The second kappa shape index (κ2) is 19.6. The molecule has 0 aliphatic rings. The van der Waals surface area contributed by atoms with Gasteiger partial charge in [0.2, 0.25) is 0 Å². The van der Waals surface area contributed by atoms with Crippen molar-refractivity contribution in [1.82, 2.24) is 0 Å². The monoisotopic (exact) mass is 486 g/mol. The fourth-order valence-electron chi connectivity index (χ4n) is 3.45. The Morgan fingerprint density at radius 3 is 1.85 bits per heavy atom. The third-order valence-corrected chi connectivity index (χ3v) is 18.9. The van der Waals surface area contributed by atoms with Gasteiger partial charge in [-0.15, -0.1) is 0 Å². The van der Waals surface area contributed by atoms with E-state index in [9.17, 15) is 0 Å². The van der Waals surface area contributed by atoms with Crippen LogP contribution < -0.4 is 0 Å². The summed E-state index contributed by atoms with van der Waals surface area (Å²) in [5, 5.41) is 0. The van der Waals surface area contributed by atoms with Gasteiger partial charge in [0.15, 0.2) is 0 Å². The molecule has 0 heterocycles. The Bertz CT molecular complexity index is 457. The minimum atomic E-state index is -2.12. The SMILES string of the molecule is CCC[CH2][Sn]([CH]=[C-]/C=C/CCc1ccccc1)([CH2]CCC)[CH2]CCC.[CH3-].[Mg+2]. The Kier molecular flexibility index (Phi) is 21.4. The fraction of sp³-hybridized carbons (Fsp3) is 0.560. The van der Waals surface area contributed by atoms with E-state index in [-0.39, 0.29) is 30.5 Å². The molecule has 0 amide bonds. The average molecular weight is 486 g/mol. The zero-order valence-electron chi connectivity index (χ0n) is 18.6. The molecule has 0 N–H and O–H groups in total. The number of aryl methyl sites for hydroxylation is 1. The van der Waals surface area contributed by atoms with Crippen LogP contribution in [-0.2, 0) is 6.42 Å². The molecule has 27 heavy (non-hydrogen) atoms. The number of unbranched alkanes of at least 4 members (excludes halogenated alkanes) is 3. The van der Waals surface area contributed by atoms with Gasteiger partial charge in [0.05, 0.1) is 0 Å². The second-order valence-corrected chi connectivity index (χ2v) is 20.3. The van der Waals surface area contributed by atoms with E-state index in [4.69, 9.17) is 0 Å². The van der Waals surface area contributed by atoms with Crippen molar-refractivity contribution in [3.05, 3.63) is 65.6 Å². The van der Waals surface area contributed by atoms with Crippen molar-refractivity contribution in [3.63, 3.8) is 0 Å². The molecule has 0 saturated heterocycles. The van der Waals surface area contributed by atoms with E-state index in [1.165, 1.54) is 57.4 Å². The molecule has 0 atom stereocenters. The molecule has 0 nitrogen and oxygen atoms in total. The van der Waals surface area contributed by atoms with Gasteiger partial charge in [-0.2, -0.15) is 0 Å². The van der Waals surface area contributed by atoms with E-state index in [1.54, 1.807) is 0 Å². The van der Waals surface area contributed by atoms with E-state index in [0.29, 0.717) is 0 Å². The maximum absolute atomic E-state index is 3.63. The summed E-state index contributed by atoms with van der Waals surface area (Å²) in [6, 6.07) is 10.8. The number of hydrogen-bond donors (Lipinski definition) is 0. The first-order valence-corrected chi connectivity index (χ1v) is 18.3. The molecule has 1 aromatic carbocycles. The zero-order chi connectivity index (χ0) is 18.2. The summed E-state index contributed by atoms with van der Waals surface area (Å²) in [5.74, 6) is 0. The van der Waals surface area contributed by atoms with Crippen molar-refractivity contribution in [3.8, 4) is 0 Å². The Morgan fingerprint density at radius 1 is 0.852 bits per heavy atom. The first kappa shape index (κ1) is 29.5. The average Bonchev–Trinajstić information content (AvgIpc) is 2.66. The molecule has 0 aliphatic heterocycles. The molecular formula is C25H42MgSn. The molecular weight excluding hydrogens is 443 g/mol. The third-order valence-electron chi connectivity index (χ3n) is 5.13. The van der Waals surface area contributed by atoms with Crippen molar-refractivity contribution in [2.24, 2.45) is 0 Å². The molecule has 0 aliphatic carbocycles. The Hall–Kier alpha value is 0.265. The summed E-state index contributed by atoms with van der Waals surface area (Å²) in [6.07, 6.45) is 18.7. The Labute approximate surface area is 191 Å². The zero-order valence-corrected chi connectivity index (χ0v) is 22.9. The van der Waals surface area contributed by atoms with Crippen LogP contribution in [0.5, 0.6) is 0 Å². The van der Waals surface area contributed by atoms with Gasteiger partial charge in [0.25, 0.3) is 0 Å². The van der Waals surface area contributed by atoms with E-state index < -0.39 is 18.4 Å². The van der Waals surface area contributed by atoms with Crippen LogP contribution >= 0.6 is 0 Å². The van der Waals surface area contributed by atoms with E-state index in [2.05, 4.69) is 73.4 Å². The van der Waals surface area contributed by atoms with Gasteiger partial charge in [-0.1, -0.05) is 0 Å². The Morgan fingerprint density at radius 2 is 1.37 bits per heavy atom. The van der Waals surface area contributed by atoms with Crippen LogP contribution in [0.1, 0.15) is 71.3 Å². The van der Waals surface area contributed by atoms with Crippen molar-refractivity contribution in [2.45, 2.75) is 85.4 Å². The molecule has 0 aromatic heterocycles. The maximum Gasteiger partial charge on any atom is 2.00 e. The minimum Gasteiger partial charge on any atom is -0.358 e. The molecule has 0 unspecified atom stereocenters. The van der Waals surface area contributed by atoms with Gasteiger partial charge < -0.3 is 7.43 Å². The van der Waals surface area contributed by atoms with Gasteiger partial charge in [0.1, 0.15) is 0 Å². The molecule has 0 fully saturated rings. The van der Waals surface area contributed by atoms with E-state index in [0.717, 1.165) is 12.8 Å². The molecule has 0 saturated carbocycles. The van der Waals surface area contributed by atoms with Gasteiger partial charge in [-0.05, 0) is 0 Å². The van der Waals surface area contributed by atoms with Gasteiger partial charge in [-0.3, -0.25) is 0 Å². The van der Waals surface area contributed by atoms with Crippen molar-refractivity contribution in [2.75, 3.05) is 0 Å². The van der Waals surface area contributed by atoms with Crippen LogP contribution in [0.4, 0.5) is 0 Å². The number of hydrogen-bond acceptors (Lipinski definition) is 0. The third kappa shape index (κ3) is 14.0. The van der Waals surface area contributed by atoms with Crippen molar-refractivity contribution in [1.29, 1.82) is 0 Å². The van der Waals surface area contributed by atoms with Gasteiger partial charge in [0, 0.05) is 0 Å². The van der Waals surface area contributed by atoms with Crippen molar-refractivity contribution >= 4 is 41.4 Å². The number of rotatable bonds is 14. The maximum atomic E-state index is 3.63. The molecule has 0 radical (unpaired) electrons. The first-order chi connectivity index (χ1) is 12.3. The minimum absolute atomic E-state index is 0. The normalized spacial score (nSPS) is 11.5. The largest absolute Gasteiger partial charge is 2.00 e. The molecule has 2 heteroatoms.